The third-order valence-electron chi connectivity index (χ3n) is 3.06. The Hall–Kier alpha value is -0.970. The quantitative estimate of drug-likeness (QED) is 0.485. The minimum absolute atomic E-state index is 0.0856. The van der Waals surface area contributed by atoms with Crippen LogP contribution in [-0.4, -0.2) is 14.0 Å². The van der Waals surface area contributed by atoms with Crippen molar-refractivity contribution in [2.75, 3.05) is 0 Å². The molecule has 18 heavy (non-hydrogen) atoms. The Kier molecular flexibility index (Phi) is 4.32. The number of benzene rings is 1. The highest BCUT2D eigenvalue weighted by Gasteiger charge is 2.17. The van der Waals surface area contributed by atoms with Crippen molar-refractivity contribution in [1.29, 1.82) is 0 Å². The van der Waals surface area contributed by atoms with E-state index in [1.54, 1.807) is 18.2 Å². The smallest absolute Gasteiger partial charge is 0.252 e. The van der Waals surface area contributed by atoms with Crippen LogP contribution in [0, 0.1) is 0 Å². The van der Waals surface area contributed by atoms with Crippen molar-refractivity contribution in [3.8, 4) is 0 Å². The number of carbonyl (C=O) groups is 1. The molecule has 0 N–H and O–H groups in total. The zero-order valence-corrected chi connectivity index (χ0v) is 11.2. The van der Waals surface area contributed by atoms with Crippen molar-refractivity contribution in [3.05, 3.63) is 47.0 Å². The molecule has 0 fully saturated rings. The van der Waals surface area contributed by atoms with Gasteiger partial charge in [-0.1, -0.05) is 29.3 Å². The van der Waals surface area contributed by atoms with Crippen molar-refractivity contribution in [3.63, 3.8) is 0 Å². The first-order valence-corrected chi connectivity index (χ1v) is 7.25. The van der Waals surface area contributed by atoms with Gasteiger partial charge in [-0.15, -0.1) is 0 Å². The number of halogens is 1. The molecule has 3 nitrogen and oxygen atoms in total. The summed E-state index contributed by atoms with van der Waals surface area (Å²) in [4.78, 5) is 11.1. The van der Waals surface area contributed by atoms with Gasteiger partial charge in [-0.25, -0.2) is 0 Å². The first-order chi connectivity index (χ1) is 8.58. The van der Waals surface area contributed by atoms with Crippen LogP contribution in [0.3, 0.4) is 0 Å². The van der Waals surface area contributed by atoms with Gasteiger partial charge in [0.2, 0.25) is 0 Å². The molecule has 1 aliphatic rings. The molecule has 0 saturated heterocycles. The zero-order chi connectivity index (χ0) is 13.1. The minimum atomic E-state index is -2.18. The second-order valence-electron chi connectivity index (χ2n) is 4.25. The maximum absolute atomic E-state index is 11.1. The van der Waals surface area contributed by atoms with Crippen molar-refractivity contribution in [2.24, 2.45) is 0 Å². The van der Waals surface area contributed by atoms with Crippen LogP contribution >= 0.6 is 11.6 Å². The summed E-state index contributed by atoms with van der Waals surface area (Å²) in [6, 6.07) is 5.03. The van der Waals surface area contributed by atoms with Gasteiger partial charge in [0, 0.05) is 17.2 Å². The van der Waals surface area contributed by atoms with Gasteiger partial charge < -0.3 is 4.55 Å². The summed E-state index contributed by atoms with van der Waals surface area (Å²) in [6.45, 7) is 0. The maximum Gasteiger partial charge on any atom is 0.252 e. The molecule has 0 aliphatic heterocycles. The lowest BCUT2D eigenvalue weighted by Crippen LogP contribution is -2.04. The van der Waals surface area contributed by atoms with Crippen molar-refractivity contribution in [1.82, 2.24) is 0 Å². The Morgan fingerprint density at radius 2 is 2.28 bits per heavy atom. The molecular formula is C13H12ClO3S-. The topological polar surface area (TPSA) is 57.2 Å². The predicted octanol–water partition coefficient (Wildman–Crippen LogP) is 2.88. The maximum atomic E-state index is 11.1. The average Bonchev–Trinajstić information content (AvgIpc) is 2.81. The van der Waals surface area contributed by atoms with Gasteiger partial charge in [-0.3, -0.25) is 9.00 Å². The molecular weight excluding hydrogens is 272 g/mol. The molecule has 1 aromatic rings. The van der Waals surface area contributed by atoms with E-state index in [1.807, 2.05) is 0 Å². The fraction of sp³-hybridized carbons (Fsp3) is 0.308. The van der Waals surface area contributed by atoms with E-state index in [1.165, 1.54) is 0 Å². The van der Waals surface area contributed by atoms with Crippen LogP contribution in [0.2, 0.25) is 0 Å². The average molecular weight is 284 g/mol. The highest BCUT2D eigenvalue weighted by atomic mass is 35.5. The van der Waals surface area contributed by atoms with E-state index in [-0.39, 0.29) is 11.7 Å². The monoisotopic (exact) mass is 283 g/mol. The van der Waals surface area contributed by atoms with Crippen LogP contribution in [0.5, 0.6) is 0 Å². The molecule has 0 heterocycles. The summed E-state index contributed by atoms with van der Waals surface area (Å²) in [5.74, 6) is 0.153. The number of hydrogen-bond donors (Lipinski definition) is 0. The second-order valence-corrected chi connectivity index (χ2v) is 5.49. The van der Waals surface area contributed by atoms with Crippen LogP contribution in [-0.2, 0) is 16.8 Å². The van der Waals surface area contributed by atoms with E-state index in [4.69, 9.17) is 11.6 Å². The second kappa shape index (κ2) is 5.78. The summed E-state index contributed by atoms with van der Waals surface area (Å²) in [5, 5.41) is -0.568. The molecule has 96 valence electrons. The zero-order valence-electron chi connectivity index (χ0n) is 9.60. The minimum Gasteiger partial charge on any atom is -0.772 e. The van der Waals surface area contributed by atoms with Crippen LogP contribution < -0.4 is 0 Å². The molecule has 0 bridgehead atoms. The SMILES string of the molecule is O=C(Cl)c1ccc(C2C=CCC2)c(CS(=O)[O-])c1. The lowest BCUT2D eigenvalue weighted by Gasteiger charge is -2.16. The Morgan fingerprint density at radius 3 is 2.83 bits per heavy atom. The van der Waals surface area contributed by atoms with E-state index in [0.717, 1.165) is 18.4 Å². The predicted molar refractivity (Wildman–Crippen MR) is 70.4 cm³/mol. The van der Waals surface area contributed by atoms with Gasteiger partial charge in [0.15, 0.2) is 0 Å². The first-order valence-electron chi connectivity index (χ1n) is 5.63. The van der Waals surface area contributed by atoms with Gasteiger partial charge in [-0.2, -0.15) is 0 Å². The fourth-order valence-corrected chi connectivity index (χ4v) is 2.85. The van der Waals surface area contributed by atoms with Crippen molar-refractivity contribution in [2.45, 2.75) is 24.5 Å². The summed E-state index contributed by atoms with van der Waals surface area (Å²) in [5.41, 5.74) is 1.96. The lowest BCUT2D eigenvalue weighted by molar-refractivity contribution is 0.108. The molecule has 2 unspecified atom stereocenters. The van der Waals surface area contributed by atoms with E-state index in [2.05, 4.69) is 12.2 Å². The van der Waals surface area contributed by atoms with Crippen LogP contribution in [0.15, 0.2) is 30.4 Å². The van der Waals surface area contributed by atoms with Gasteiger partial charge in [0.1, 0.15) is 0 Å². The number of carbonyl (C=O) groups excluding carboxylic acids is 1. The van der Waals surface area contributed by atoms with Crippen LogP contribution in [0.25, 0.3) is 0 Å². The lowest BCUT2D eigenvalue weighted by atomic mass is 9.93. The Labute approximate surface area is 113 Å². The molecule has 0 amide bonds. The molecule has 0 radical (unpaired) electrons. The Balaban J connectivity index is 2.40. The summed E-state index contributed by atoms with van der Waals surface area (Å²) in [7, 11) is 0. The van der Waals surface area contributed by atoms with E-state index in [9.17, 15) is 13.6 Å². The number of allylic oxidation sites excluding steroid dienone is 2. The summed E-state index contributed by atoms with van der Waals surface area (Å²) in [6.07, 6.45) is 6.14. The van der Waals surface area contributed by atoms with E-state index in [0.29, 0.717) is 11.1 Å². The third-order valence-corrected chi connectivity index (χ3v) is 3.82. The molecule has 2 atom stereocenters. The van der Waals surface area contributed by atoms with Gasteiger partial charge in [-0.05, 0) is 47.7 Å². The number of hydrogen-bond acceptors (Lipinski definition) is 3. The van der Waals surface area contributed by atoms with Crippen LogP contribution in [0.1, 0.15) is 40.2 Å². The van der Waals surface area contributed by atoms with Gasteiger partial charge >= 0.3 is 0 Å². The first kappa shape index (κ1) is 13.5. The Bertz CT molecular complexity index is 525. The largest absolute Gasteiger partial charge is 0.772 e. The van der Waals surface area contributed by atoms with Crippen LogP contribution in [0.4, 0.5) is 0 Å². The molecule has 1 aliphatic carbocycles. The molecule has 5 heteroatoms. The number of rotatable bonds is 4. The Morgan fingerprint density at radius 1 is 1.50 bits per heavy atom. The van der Waals surface area contributed by atoms with Crippen molar-refractivity contribution >= 4 is 27.9 Å². The molecule has 0 aromatic heterocycles. The normalized spacial score (nSPS) is 20.0. The van der Waals surface area contributed by atoms with Crippen molar-refractivity contribution < 1.29 is 13.6 Å². The summed E-state index contributed by atoms with van der Waals surface area (Å²) >= 11 is 3.24. The molecule has 1 aromatic carbocycles. The molecule has 2 rings (SSSR count). The van der Waals surface area contributed by atoms with Gasteiger partial charge in [0.25, 0.3) is 5.24 Å². The third kappa shape index (κ3) is 3.07. The van der Waals surface area contributed by atoms with Gasteiger partial charge in [0.05, 0.1) is 0 Å². The highest BCUT2D eigenvalue weighted by molar-refractivity contribution is 7.78. The highest BCUT2D eigenvalue weighted by Crippen LogP contribution is 2.31. The standard InChI is InChI=1S/C13H13ClO3S/c14-13(15)10-5-6-12(9-3-1-2-4-9)11(7-10)8-18(16)17/h1,3,5-7,9H,2,4,8H2,(H,16,17)/p-1. The molecule has 0 spiro atoms. The molecule has 0 saturated carbocycles. The summed E-state index contributed by atoms with van der Waals surface area (Å²) < 4.78 is 21.8. The fourth-order valence-electron chi connectivity index (χ4n) is 2.23. The van der Waals surface area contributed by atoms with E-state index < -0.39 is 16.3 Å². The van der Waals surface area contributed by atoms with E-state index >= 15 is 0 Å².